The van der Waals surface area contributed by atoms with E-state index in [1.165, 1.54) is 0 Å². The van der Waals surface area contributed by atoms with Crippen molar-refractivity contribution < 1.29 is 0 Å². The quantitative estimate of drug-likeness (QED) is 0.674. The Labute approximate surface area is 68.9 Å². The van der Waals surface area contributed by atoms with E-state index in [9.17, 15) is 4.79 Å². The molecule has 4 heteroatoms. The fourth-order valence-electron chi connectivity index (χ4n) is 1.28. The largest absolute Gasteiger partial charge is 0.327 e. The Morgan fingerprint density at radius 3 is 3.25 bits per heavy atom. The molecule has 0 spiro atoms. The summed E-state index contributed by atoms with van der Waals surface area (Å²) in [6, 6.07) is 3.65. The summed E-state index contributed by atoms with van der Waals surface area (Å²) >= 11 is 0. The van der Waals surface area contributed by atoms with E-state index < -0.39 is 0 Å². The third-order valence-corrected chi connectivity index (χ3v) is 1.85. The Hall–Kier alpha value is -1.58. The number of nitrogens with zero attached hydrogens (tertiary/aromatic N) is 2. The maximum Gasteiger partial charge on any atom is 0.327 e. The summed E-state index contributed by atoms with van der Waals surface area (Å²) < 4.78 is 1.61. The second-order valence-electron chi connectivity index (χ2n) is 2.55. The van der Waals surface area contributed by atoms with Gasteiger partial charge in [-0.3, -0.25) is 4.57 Å². The molecule has 0 amide bonds. The Morgan fingerprint density at radius 1 is 1.67 bits per heavy atom. The number of nitrogens with one attached hydrogen (secondary N) is 1. The number of H-pyrrole nitrogens is 1. The van der Waals surface area contributed by atoms with Crippen molar-refractivity contribution in [2.24, 2.45) is 0 Å². The minimum absolute atomic E-state index is 0.0915. The van der Waals surface area contributed by atoms with Crippen molar-refractivity contribution in [3.8, 4) is 0 Å². The van der Waals surface area contributed by atoms with Crippen LogP contribution in [0.15, 0.2) is 23.1 Å². The number of aromatic nitrogens is 3. The van der Waals surface area contributed by atoms with Crippen molar-refractivity contribution in [1.29, 1.82) is 0 Å². The molecule has 4 nitrogen and oxygen atoms in total. The van der Waals surface area contributed by atoms with Gasteiger partial charge >= 0.3 is 5.69 Å². The summed E-state index contributed by atoms with van der Waals surface area (Å²) in [5, 5.41) is 0. The van der Waals surface area contributed by atoms with Gasteiger partial charge < -0.3 is 4.98 Å². The third kappa shape index (κ3) is 0.845. The first kappa shape index (κ1) is 7.09. The minimum Gasteiger partial charge on any atom is -0.304 e. The molecule has 0 fully saturated rings. The summed E-state index contributed by atoms with van der Waals surface area (Å²) in [5.41, 5.74) is 1.43. The number of rotatable bonds is 1. The van der Waals surface area contributed by atoms with Gasteiger partial charge in [-0.05, 0) is 19.1 Å². The average Bonchev–Trinajstić information content (AvgIpc) is 2.40. The van der Waals surface area contributed by atoms with Crippen LogP contribution >= 0.6 is 0 Å². The topological polar surface area (TPSA) is 50.7 Å². The van der Waals surface area contributed by atoms with Crippen LogP contribution in [0.3, 0.4) is 0 Å². The summed E-state index contributed by atoms with van der Waals surface area (Å²) in [7, 11) is 0. The summed E-state index contributed by atoms with van der Waals surface area (Å²) in [6.45, 7) is 2.57. The third-order valence-electron chi connectivity index (χ3n) is 1.85. The van der Waals surface area contributed by atoms with Gasteiger partial charge in [0.2, 0.25) is 0 Å². The molecular formula is C8H9N3O. The van der Waals surface area contributed by atoms with E-state index in [4.69, 9.17) is 0 Å². The van der Waals surface area contributed by atoms with E-state index in [-0.39, 0.29) is 5.69 Å². The average molecular weight is 163 g/mol. The first-order chi connectivity index (χ1) is 5.83. The van der Waals surface area contributed by atoms with E-state index in [1.807, 2.05) is 13.0 Å². The van der Waals surface area contributed by atoms with Crippen LogP contribution in [0.2, 0.25) is 0 Å². The minimum atomic E-state index is -0.0915. The molecule has 0 unspecified atom stereocenters. The van der Waals surface area contributed by atoms with Crippen LogP contribution in [-0.4, -0.2) is 14.5 Å². The lowest BCUT2D eigenvalue weighted by molar-refractivity contribution is 0.745. The first-order valence-electron chi connectivity index (χ1n) is 3.86. The Bertz CT molecular complexity index is 455. The van der Waals surface area contributed by atoms with Crippen LogP contribution in [0.4, 0.5) is 0 Å². The summed E-state index contributed by atoms with van der Waals surface area (Å²) in [6.07, 6.45) is 1.68. The van der Waals surface area contributed by atoms with Crippen LogP contribution in [0.25, 0.3) is 11.2 Å². The van der Waals surface area contributed by atoms with Gasteiger partial charge in [0.05, 0.1) is 5.52 Å². The zero-order valence-electron chi connectivity index (χ0n) is 6.74. The highest BCUT2D eigenvalue weighted by molar-refractivity contribution is 5.69. The number of aryl methyl sites for hydroxylation is 1. The molecule has 1 N–H and O–H groups in total. The molecule has 0 aliphatic rings. The van der Waals surface area contributed by atoms with Gasteiger partial charge in [0.15, 0.2) is 5.65 Å². The highest BCUT2D eigenvalue weighted by atomic mass is 16.1. The zero-order valence-corrected chi connectivity index (χ0v) is 6.74. The van der Waals surface area contributed by atoms with E-state index in [1.54, 1.807) is 16.8 Å². The predicted molar refractivity (Wildman–Crippen MR) is 46.0 cm³/mol. The van der Waals surface area contributed by atoms with Gasteiger partial charge in [-0.15, -0.1) is 0 Å². The molecule has 0 atom stereocenters. The molecule has 0 aliphatic carbocycles. The normalized spacial score (nSPS) is 10.8. The van der Waals surface area contributed by atoms with E-state index in [0.29, 0.717) is 6.54 Å². The van der Waals surface area contributed by atoms with Crippen LogP contribution in [0.1, 0.15) is 6.92 Å². The molecule has 2 aromatic heterocycles. The monoisotopic (exact) mass is 163 g/mol. The number of aromatic amines is 1. The number of hydrogen-bond acceptors (Lipinski definition) is 2. The molecule has 0 aromatic carbocycles. The molecule has 0 aliphatic heterocycles. The lowest BCUT2D eigenvalue weighted by atomic mass is 10.4. The van der Waals surface area contributed by atoms with Crippen molar-refractivity contribution in [3.63, 3.8) is 0 Å². The molecule has 0 bridgehead atoms. The predicted octanol–water partition coefficient (Wildman–Crippen LogP) is 0.744. The SMILES string of the molecule is CCn1c(=O)[nH]c2cccnc21. The van der Waals surface area contributed by atoms with Gasteiger partial charge in [-0.1, -0.05) is 0 Å². The summed E-state index contributed by atoms with van der Waals surface area (Å²) in [5.74, 6) is 0. The maximum absolute atomic E-state index is 11.2. The molecule has 2 heterocycles. The molecular weight excluding hydrogens is 154 g/mol. The molecule has 0 saturated heterocycles. The molecule has 2 aromatic rings. The number of hydrogen-bond donors (Lipinski definition) is 1. The molecule has 0 radical (unpaired) electrons. The van der Waals surface area contributed by atoms with Gasteiger partial charge in [0.1, 0.15) is 0 Å². The first-order valence-corrected chi connectivity index (χ1v) is 3.86. The van der Waals surface area contributed by atoms with Crippen molar-refractivity contribution in [1.82, 2.24) is 14.5 Å². The Morgan fingerprint density at radius 2 is 2.50 bits per heavy atom. The van der Waals surface area contributed by atoms with Crippen LogP contribution in [0.5, 0.6) is 0 Å². The van der Waals surface area contributed by atoms with Gasteiger partial charge in [-0.2, -0.15) is 0 Å². The van der Waals surface area contributed by atoms with Gasteiger partial charge in [0.25, 0.3) is 0 Å². The maximum atomic E-state index is 11.2. The fraction of sp³-hybridized carbons (Fsp3) is 0.250. The second kappa shape index (κ2) is 2.48. The highest BCUT2D eigenvalue weighted by Crippen LogP contribution is 2.04. The molecule has 12 heavy (non-hydrogen) atoms. The van der Waals surface area contributed by atoms with Crippen molar-refractivity contribution in [3.05, 3.63) is 28.8 Å². The molecule has 2 rings (SSSR count). The summed E-state index contributed by atoms with van der Waals surface area (Å²) in [4.78, 5) is 18.1. The van der Waals surface area contributed by atoms with Crippen molar-refractivity contribution >= 4 is 11.2 Å². The molecule has 0 saturated carbocycles. The number of pyridine rings is 1. The van der Waals surface area contributed by atoms with E-state index in [2.05, 4.69) is 9.97 Å². The highest BCUT2D eigenvalue weighted by Gasteiger charge is 2.03. The van der Waals surface area contributed by atoms with Crippen LogP contribution in [0, 0.1) is 0 Å². The van der Waals surface area contributed by atoms with E-state index >= 15 is 0 Å². The molecule has 62 valence electrons. The van der Waals surface area contributed by atoms with Crippen LogP contribution < -0.4 is 5.69 Å². The number of fused-ring (bicyclic) bond motifs is 1. The smallest absolute Gasteiger partial charge is 0.304 e. The van der Waals surface area contributed by atoms with Crippen molar-refractivity contribution in [2.75, 3.05) is 0 Å². The Balaban J connectivity index is 2.91. The van der Waals surface area contributed by atoms with Crippen LogP contribution in [-0.2, 0) is 6.54 Å². The standard InChI is InChI=1S/C8H9N3O/c1-2-11-7-6(10-8(11)12)4-3-5-9-7/h3-5H,2H2,1H3,(H,10,12). The second-order valence-corrected chi connectivity index (χ2v) is 2.55. The van der Waals surface area contributed by atoms with Gasteiger partial charge in [0, 0.05) is 12.7 Å². The van der Waals surface area contributed by atoms with Gasteiger partial charge in [-0.25, -0.2) is 9.78 Å². The fourth-order valence-corrected chi connectivity index (χ4v) is 1.28. The lowest BCUT2D eigenvalue weighted by Gasteiger charge is -1.93. The zero-order chi connectivity index (χ0) is 8.55. The lowest BCUT2D eigenvalue weighted by Crippen LogP contribution is -2.15. The van der Waals surface area contributed by atoms with E-state index in [0.717, 1.165) is 11.2 Å². The number of imidazole rings is 1. The van der Waals surface area contributed by atoms with Crippen molar-refractivity contribution in [2.45, 2.75) is 13.5 Å². The Kier molecular flexibility index (Phi) is 1.46.